The zero-order chi connectivity index (χ0) is 49.3. The number of nitro benzene ring substituents is 1. The highest BCUT2D eigenvalue weighted by Gasteiger charge is 2.43. The largest absolute Gasteiger partial charge is 0.491 e. The highest BCUT2D eigenvalue weighted by molar-refractivity contribution is 7.13. The van der Waals surface area contributed by atoms with Crippen LogP contribution < -0.4 is 19.7 Å². The Labute approximate surface area is 409 Å². The summed E-state index contributed by atoms with van der Waals surface area (Å²) in [5.41, 5.74) is 8.65. The summed E-state index contributed by atoms with van der Waals surface area (Å²) in [5.74, 6) is -0.663. The van der Waals surface area contributed by atoms with Crippen LogP contribution in [0.25, 0.3) is 22.1 Å². The summed E-state index contributed by atoms with van der Waals surface area (Å²) in [4.78, 5) is 60.6. The smallest absolute Gasteiger partial charge is 0.269 e. The van der Waals surface area contributed by atoms with Gasteiger partial charge in [0.25, 0.3) is 17.5 Å². The minimum Gasteiger partial charge on any atom is -0.491 e. The van der Waals surface area contributed by atoms with E-state index in [1.54, 1.807) is 52.7 Å². The molecule has 0 bridgehead atoms. The third kappa shape index (κ3) is 11.5. The lowest BCUT2D eigenvalue weighted by atomic mass is 9.91. The van der Waals surface area contributed by atoms with Gasteiger partial charge in [-0.2, -0.15) is 0 Å². The van der Waals surface area contributed by atoms with Crippen LogP contribution in [-0.2, 0) is 25.7 Å². The lowest BCUT2D eigenvalue weighted by Crippen LogP contribution is -2.48. The molecular weight excluding hydrogens is 913 g/mol. The van der Waals surface area contributed by atoms with E-state index in [9.17, 15) is 29.6 Å². The first-order valence-corrected chi connectivity index (χ1v) is 23.9. The summed E-state index contributed by atoms with van der Waals surface area (Å²) in [7, 11) is 0. The first-order valence-electron chi connectivity index (χ1n) is 23.1. The number of nitrogens with one attached hydrogen (secondary N) is 1. The number of fused-ring (bicyclic) bond motifs is 1. The molecule has 0 saturated carbocycles. The second-order valence-electron chi connectivity index (χ2n) is 17.5. The maximum absolute atomic E-state index is 14.1. The number of thiazole rings is 1. The number of aromatic nitrogens is 2. The predicted octanol–water partition coefficient (Wildman–Crippen LogP) is 8.71. The quantitative estimate of drug-likeness (QED) is 0.0320. The normalized spacial score (nSPS) is 17.1. The molecule has 2 aromatic heterocycles. The molecule has 6 aromatic rings. The van der Waals surface area contributed by atoms with Crippen LogP contribution in [0.4, 0.5) is 11.4 Å². The zero-order valence-electron chi connectivity index (χ0n) is 39.2. The maximum atomic E-state index is 14.1. The third-order valence-corrected chi connectivity index (χ3v) is 13.2. The molecule has 4 aromatic carbocycles. The van der Waals surface area contributed by atoms with Gasteiger partial charge in [-0.3, -0.25) is 24.5 Å². The van der Waals surface area contributed by atoms with Crippen molar-refractivity contribution in [1.29, 1.82) is 0 Å². The van der Waals surface area contributed by atoms with Gasteiger partial charge in [0.05, 0.1) is 58.6 Å². The highest BCUT2D eigenvalue weighted by Crippen LogP contribution is 2.38. The van der Waals surface area contributed by atoms with Gasteiger partial charge in [-0.05, 0) is 83.6 Å². The maximum Gasteiger partial charge on any atom is 0.269 e. The van der Waals surface area contributed by atoms with E-state index in [1.807, 2.05) is 106 Å². The van der Waals surface area contributed by atoms with E-state index in [4.69, 9.17) is 18.7 Å². The Morgan fingerprint density at radius 3 is 2.40 bits per heavy atom. The second kappa shape index (κ2) is 22.3. The highest BCUT2D eigenvalue weighted by atomic mass is 32.1. The first-order chi connectivity index (χ1) is 33.8. The van der Waals surface area contributed by atoms with Crippen LogP contribution in [0.3, 0.4) is 0 Å². The summed E-state index contributed by atoms with van der Waals surface area (Å²) < 4.78 is 23.0. The molecule has 0 aliphatic carbocycles. The van der Waals surface area contributed by atoms with Gasteiger partial charge in [0, 0.05) is 42.3 Å². The van der Waals surface area contributed by atoms with Crippen molar-refractivity contribution < 1.29 is 43.1 Å². The number of aliphatic hydroxyl groups excluding tert-OH is 1. The number of hydrogen-bond acceptors (Lipinski definition) is 13. The number of aryl methyl sites for hydroxylation is 1. The number of benzene rings is 4. The zero-order valence-corrected chi connectivity index (χ0v) is 40.0. The third-order valence-electron chi connectivity index (χ3n) is 12.2. The Morgan fingerprint density at radius 2 is 1.70 bits per heavy atom. The number of anilines is 1. The number of hydrogen-bond donors (Lipinski definition) is 2. The van der Waals surface area contributed by atoms with Crippen LogP contribution in [0.1, 0.15) is 72.9 Å². The number of carbonyl (C=O) groups is 3. The van der Waals surface area contributed by atoms with Gasteiger partial charge in [-0.25, -0.2) is 4.98 Å². The van der Waals surface area contributed by atoms with Crippen molar-refractivity contribution in [1.82, 2.24) is 20.4 Å². The molecule has 4 heterocycles. The Bertz CT molecular complexity index is 2860. The summed E-state index contributed by atoms with van der Waals surface area (Å²) in [6, 6.07) is 29.7. The number of β-amino-alcohol motifs (C(OH)–C–C–N with tert-alkyl or cyclic N) is 1. The Balaban J connectivity index is 0.768. The van der Waals surface area contributed by atoms with Crippen LogP contribution >= 0.6 is 11.3 Å². The number of amides is 3. The average molecular weight is 967 g/mol. The minimum atomic E-state index is -0.859. The summed E-state index contributed by atoms with van der Waals surface area (Å²) >= 11 is 1.58. The average Bonchev–Trinajstić information content (AvgIpc) is 4.16. The van der Waals surface area contributed by atoms with Gasteiger partial charge < -0.3 is 39.0 Å². The fourth-order valence-corrected chi connectivity index (χ4v) is 9.40. The van der Waals surface area contributed by atoms with Crippen LogP contribution in [0.15, 0.2) is 125 Å². The fraction of sp³-hybridized carbons (Fsp3) is 0.302. The van der Waals surface area contributed by atoms with Gasteiger partial charge in [-0.1, -0.05) is 80.6 Å². The topological polar surface area (TPSA) is 200 Å². The van der Waals surface area contributed by atoms with Crippen molar-refractivity contribution in [2.45, 2.75) is 64.8 Å². The molecule has 2 N–H and O–H groups in total. The Morgan fingerprint density at radius 1 is 0.971 bits per heavy atom. The molecule has 17 heteroatoms. The van der Waals surface area contributed by atoms with Gasteiger partial charge in [0.15, 0.2) is 5.76 Å². The predicted molar refractivity (Wildman–Crippen MR) is 265 cm³/mol. The number of allylic oxidation sites excluding steroid dienone is 2. The number of nitrogens with zero attached hydrogens (tertiary/aromatic N) is 5. The van der Waals surface area contributed by atoms with E-state index in [0.29, 0.717) is 30.2 Å². The molecule has 3 amide bonds. The monoisotopic (exact) mass is 966 g/mol. The van der Waals surface area contributed by atoms with Gasteiger partial charge in [0.1, 0.15) is 30.9 Å². The van der Waals surface area contributed by atoms with Crippen molar-refractivity contribution in [3.8, 4) is 22.1 Å². The summed E-state index contributed by atoms with van der Waals surface area (Å²) in [6.45, 7) is 9.00. The molecule has 2 aliphatic heterocycles. The van der Waals surface area contributed by atoms with Gasteiger partial charge in [0.2, 0.25) is 11.8 Å². The lowest BCUT2D eigenvalue weighted by Gasteiger charge is -2.29. The number of aliphatic hydroxyl groups is 1. The van der Waals surface area contributed by atoms with Crippen LogP contribution in [-0.4, -0.2) is 87.9 Å². The molecular formula is C53H54N6O10S. The Hall–Kier alpha value is -7.47. The number of rotatable bonds is 20. The van der Waals surface area contributed by atoms with Gasteiger partial charge >= 0.3 is 0 Å². The molecule has 2 unspecified atom stereocenters. The van der Waals surface area contributed by atoms with Crippen molar-refractivity contribution in [2.24, 2.45) is 5.92 Å². The molecule has 362 valence electrons. The standard InChI is InChI=1S/C53H54N6O10S/c1-33(2)49(53(63)58-31-41(60)28-46(58)51(61)55-34(3)38-16-18-39(19-17-38)50-35(4)54-32-70-50)47-29-48(56-69-47)68-27-25-66-24-26-67-42-22-14-37(15-23-42)30-57-45-11-6-5-9-43(45)44(52(57)62)10-7-8-36-12-20-40(21-13-36)59(64)65/h5-23,29,32-34,41,46,49,60H,24-28,30-31H2,1-4H3,(H,55,61)/b8-7?,44-10-/t34?,41-,46+,49?/m1/s1. The molecule has 0 radical (unpaired) electrons. The van der Waals surface area contributed by atoms with Crippen molar-refractivity contribution in [3.63, 3.8) is 0 Å². The Kier molecular flexibility index (Phi) is 15.6. The molecule has 70 heavy (non-hydrogen) atoms. The van der Waals surface area contributed by atoms with E-state index in [-0.39, 0.29) is 74.0 Å². The van der Waals surface area contributed by atoms with Crippen LogP contribution in [0.5, 0.6) is 11.6 Å². The molecule has 4 atom stereocenters. The summed E-state index contributed by atoms with van der Waals surface area (Å²) in [6.07, 6.45) is 4.61. The second-order valence-corrected chi connectivity index (χ2v) is 18.3. The van der Waals surface area contributed by atoms with E-state index in [2.05, 4.69) is 15.5 Å². The summed E-state index contributed by atoms with van der Waals surface area (Å²) in [5, 5.41) is 28.7. The lowest BCUT2D eigenvalue weighted by molar-refractivity contribution is -0.384. The SMILES string of the molecule is Cc1ncsc1-c1ccc(C(C)NC(=O)[C@@H]2C[C@@H](O)CN2C(=O)C(c2cc(OCCOCCOc3ccc(CN4C(=O)/C(=C\C=Cc5ccc([N+](=O)[O-])cc5)c5ccccc54)cc3)no2)C(C)C)cc1. The molecule has 0 spiro atoms. The number of non-ortho nitro benzene ring substituents is 1. The fourth-order valence-electron chi connectivity index (χ4n) is 8.59. The van der Waals surface area contributed by atoms with Crippen molar-refractivity contribution in [3.05, 3.63) is 165 Å². The first kappa shape index (κ1) is 49.0. The molecule has 8 rings (SSSR count). The number of ether oxygens (including phenoxy) is 3. The number of likely N-dealkylation sites (tertiary alicyclic amines) is 1. The van der Waals surface area contributed by atoms with E-state index in [1.165, 1.54) is 17.0 Å². The molecule has 1 fully saturated rings. The van der Waals surface area contributed by atoms with E-state index < -0.39 is 23.0 Å². The number of para-hydroxylation sites is 1. The van der Waals surface area contributed by atoms with Crippen molar-refractivity contribution >= 4 is 52.1 Å². The van der Waals surface area contributed by atoms with Gasteiger partial charge in [-0.15, -0.1) is 11.3 Å². The van der Waals surface area contributed by atoms with Crippen LogP contribution in [0, 0.1) is 23.0 Å². The number of nitro groups is 1. The molecule has 2 aliphatic rings. The molecule has 1 saturated heterocycles. The minimum absolute atomic E-state index is 0.0148. The number of carbonyl (C=O) groups excluding carboxylic acids is 3. The van der Waals surface area contributed by atoms with Crippen molar-refractivity contribution in [2.75, 3.05) is 37.9 Å². The van der Waals surface area contributed by atoms with Crippen LogP contribution in [0.2, 0.25) is 0 Å². The van der Waals surface area contributed by atoms with E-state index in [0.717, 1.165) is 44.1 Å². The van der Waals surface area contributed by atoms with E-state index >= 15 is 0 Å². The molecule has 16 nitrogen and oxygen atoms in total.